The quantitative estimate of drug-likeness (QED) is 0.773. The minimum Gasteiger partial charge on any atom is -0.309 e. The molecule has 1 saturated heterocycles. The Hall–Kier alpha value is -1.12. The SMILES string of the molecule is C=C(C)CNC1CCN(CCc2ccccc2)C1. The molecule has 0 aromatic heterocycles. The van der Waals surface area contributed by atoms with E-state index >= 15 is 0 Å². The van der Waals surface area contributed by atoms with Crippen molar-refractivity contribution in [2.24, 2.45) is 0 Å². The van der Waals surface area contributed by atoms with Gasteiger partial charge in [-0.25, -0.2) is 0 Å². The first kappa shape index (κ1) is 13.3. The average Bonchev–Trinajstić information content (AvgIpc) is 2.83. The molecule has 1 aliphatic rings. The smallest absolute Gasteiger partial charge is 0.0210 e. The van der Waals surface area contributed by atoms with E-state index in [0.29, 0.717) is 6.04 Å². The van der Waals surface area contributed by atoms with Crippen molar-refractivity contribution in [2.45, 2.75) is 25.8 Å². The predicted molar refractivity (Wildman–Crippen MR) is 77.8 cm³/mol. The normalized spacial score (nSPS) is 20.2. The molecule has 1 aromatic rings. The van der Waals surface area contributed by atoms with Gasteiger partial charge in [0.25, 0.3) is 0 Å². The fourth-order valence-corrected chi connectivity index (χ4v) is 2.45. The second-order valence-electron chi connectivity index (χ2n) is 5.36. The van der Waals surface area contributed by atoms with E-state index in [0.717, 1.165) is 13.0 Å². The van der Waals surface area contributed by atoms with Crippen LogP contribution < -0.4 is 5.32 Å². The molecule has 2 rings (SSSR count). The first-order chi connectivity index (χ1) is 8.74. The van der Waals surface area contributed by atoms with E-state index in [1.807, 2.05) is 0 Å². The van der Waals surface area contributed by atoms with E-state index < -0.39 is 0 Å². The second-order valence-corrected chi connectivity index (χ2v) is 5.36. The van der Waals surface area contributed by atoms with Gasteiger partial charge >= 0.3 is 0 Å². The van der Waals surface area contributed by atoms with Crippen molar-refractivity contribution in [3.63, 3.8) is 0 Å². The zero-order chi connectivity index (χ0) is 12.8. The van der Waals surface area contributed by atoms with Crippen LogP contribution in [0.1, 0.15) is 18.9 Å². The van der Waals surface area contributed by atoms with Crippen molar-refractivity contribution in [1.29, 1.82) is 0 Å². The molecule has 1 atom stereocenters. The van der Waals surface area contributed by atoms with E-state index in [2.05, 4.69) is 54.1 Å². The third kappa shape index (κ3) is 4.28. The highest BCUT2D eigenvalue weighted by Crippen LogP contribution is 2.10. The molecule has 1 heterocycles. The zero-order valence-electron chi connectivity index (χ0n) is 11.4. The minimum atomic E-state index is 0.650. The maximum absolute atomic E-state index is 3.94. The molecule has 1 fully saturated rings. The number of benzene rings is 1. The molecular formula is C16H24N2. The van der Waals surface area contributed by atoms with Gasteiger partial charge in [0.1, 0.15) is 0 Å². The third-order valence-corrected chi connectivity index (χ3v) is 3.52. The summed E-state index contributed by atoms with van der Waals surface area (Å²) < 4.78 is 0. The standard InChI is InChI=1S/C16H24N2/c1-14(2)12-17-16-9-11-18(13-16)10-8-15-6-4-3-5-7-15/h3-7,16-17H,1,8-13H2,2H3. The van der Waals surface area contributed by atoms with E-state index in [-0.39, 0.29) is 0 Å². The zero-order valence-corrected chi connectivity index (χ0v) is 11.4. The van der Waals surface area contributed by atoms with E-state index in [4.69, 9.17) is 0 Å². The van der Waals surface area contributed by atoms with Crippen LogP contribution in [0.3, 0.4) is 0 Å². The molecule has 1 unspecified atom stereocenters. The summed E-state index contributed by atoms with van der Waals surface area (Å²) in [5, 5.41) is 3.57. The van der Waals surface area contributed by atoms with Crippen LogP contribution in [0.4, 0.5) is 0 Å². The second kappa shape index (κ2) is 6.72. The number of hydrogen-bond donors (Lipinski definition) is 1. The molecule has 0 aliphatic carbocycles. The summed E-state index contributed by atoms with van der Waals surface area (Å²) in [4.78, 5) is 2.56. The summed E-state index contributed by atoms with van der Waals surface area (Å²) >= 11 is 0. The summed E-state index contributed by atoms with van der Waals surface area (Å²) in [6.07, 6.45) is 2.43. The maximum atomic E-state index is 3.94. The highest BCUT2D eigenvalue weighted by molar-refractivity contribution is 5.14. The molecule has 0 spiro atoms. The van der Waals surface area contributed by atoms with Gasteiger partial charge in [0.05, 0.1) is 0 Å². The van der Waals surface area contributed by atoms with Gasteiger partial charge in [-0.3, -0.25) is 0 Å². The van der Waals surface area contributed by atoms with Crippen LogP contribution in [0, 0.1) is 0 Å². The van der Waals surface area contributed by atoms with Crippen molar-refractivity contribution in [2.75, 3.05) is 26.2 Å². The Morgan fingerprint density at radius 3 is 2.89 bits per heavy atom. The Labute approximate surface area is 111 Å². The molecule has 2 heteroatoms. The fraction of sp³-hybridized carbons (Fsp3) is 0.500. The van der Waals surface area contributed by atoms with Gasteiger partial charge in [-0.1, -0.05) is 42.5 Å². The number of likely N-dealkylation sites (tertiary alicyclic amines) is 1. The van der Waals surface area contributed by atoms with Crippen LogP contribution in [0.25, 0.3) is 0 Å². The number of hydrogen-bond acceptors (Lipinski definition) is 2. The van der Waals surface area contributed by atoms with Crippen molar-refractivity contribution in [3.8, 4) is 0 Å². The Morgan fingerprint density at radius 1 is 1.39 bits per heavy atom. The van der Waals surface area contributed by atoms with Gasteiger partial charge < -0.3 is 10.2 Å². The lowest BCUT2D eigenvalue weighted by molar-refractivity contribution is 0.333. The molecule has 1 aromatic carbocycles. The lowest BCUT2D eigenvalue weighted by Crippen LogP contribution is -2.34. The van der Waals surface area contributed by atoms with Gasteiger partial charge in [0, 0.05) is 25.7 Å². The van der Waals surface area contributed by atoms with Gasteiger partial charge in [-0.05, 0) is 31.9 Å². The summed E-state index contributed by atoms with van der Waals surface area (Å²) in [5.74, 6) is 0. The Bertz CT molecular complexity index is 372. The van der Waals surface area contributed by atoms with E-state index in [1.54, 1.807) is 0 Å². The third-order valence-electron chi connectivity index (χ3n) is 3.52. The number of rotatable bonds is 6. The average molecular weight is 244 g/mol. The fourth-order valence-electron chi connectivity index (χ4n) is 2.45. The maximum Gasteiger partial charge on any atom is 0.0210 e. The largest absolute Gasteiger partial charge is 0.309 e. The van der Waals surface area contributed by atoms with Crippen molar-refractivity contribution < 1.29 is 0 Å². The lowest BCUT2D eigenvalue weighted by Gasteiger charge is -2.16. The van der Waals surface area contributed by atoms with E-state index in [9.17, 15) is 0 Å². The van der Waals surface area contributed by atoms with Crippen LogP contribution >= 0.6 is 0 Å². The highest BCUT2D eigenvalue weighted by Gasteiger charge is 2.21. The van der Waals surface area contributed by atoms with Gasteiger partial charge in [-0.15, -0.1) is 0 Å². The molecule has 0 saturated carbocycles. The Balaban J connectivity index is 1.68. The molecule has 0 amide bonds. The van der Waals surface area contributed by atoms with E-state index in [1.165, 1.54) is 37.2 Å². The Morgan fingerprint density at radius 2 is 2.17 bits per heavy atom. The highest BCUT2D eigenvalue weighted by atomic mass is 15.2. The molecule has 18 heavy (non-hydrogen) atoms. The van der Waals surface area contributed by atoms with Gasteiger partial charge in [0.15, 0.2) is 0 Å². The van der Waals surface area contributed by atoms with Crippen LogP contribution in [-0.4, -0.2) is 37.1 Å². The minimum absolute atomic E-state index is 0.650. The first-order valence-corrected chi connectivity index (χ1v) is 6.88. The van der Waals surface area contributed by atoms with Crippen molar-refractivity contribution >= 4 is 0 Å². The van der Waals surface area contributed by atoms with Crippen molar-refractivity contribution in [1.82, 2.24) is 10.2 Å². The number of nitrogens with one attached hydrogen (secondary N) is 1. The van der Waals surface area contributed by atoms with Gasteiger partial charge in [0.2, 0.25) is 0 Å². The summed E-state index contributed by atoms with van der Waals surface area (Å²) in [5.41, 5.74) is 2.66. The topological polar surface area (TPSA) is 15.3 Å². The Kier molecular flexibility index (Phi) is 4.97. The summed E-state index contributed by atoms with van der Waals surface area (Å²) in [7, 11) is 0. The molecule has 98 valence electrons. The predicted octanol–water partition coefficient (Wildman–Crippen LogP) is 2.47. The molecule has 0 bridgehead atoms. The van der Waals surface area contributed by atoms with Crippen LogP contribution in [0.2, 0.25) is 0 Å². The molecule has 2 nitrogen and oxygen atoms in total. The first-order valence-electron chi connectivity index (χ1n) is 6.88. The summed E-state index contributed by atoms with van der Waals surface area (Å²) in [6.45, 7) is 10.5. The molecular weight excluding hydrogens is 220 g/mol. The molecule has 0 radical (unpaired) electrons. The monoisotopic (exact) mass is 244 g/mol. The van der Waals surface area contributed by atoms with Crippen molar-refractivity contribution in [3.05, 3.63) is 48.0 Å². The number of nitrogens with zero attached hydrogens (tertiary/aromatic N) is 1. The summed E-state index contributed by atoms with van der Waals surface area (Å²) in [6, 6.07) is 11.4. The molecule has 1 aliphatic heterocycles. The molecule has 1 N–H and O–H groups in total. The van der Waals surface area contributed by atoms with Crippen LogP contribution in [0.5, 0.6) is 0 Å². The lowest BCUT2D eigenvalue weighted by atomic mass is 10.1. The van der Waals surface area contributed by atoms with Crippen LogP contribution in [-0.2, 0) is 6.42 Å². The van der Waals surface area contributed by atoms with Crippen LogP contribution in [0.15, 0.2) is 42.5 Å². The van der Waals surface area contributed by atoms with Gasteiger partial charge in [-0.2, -0.15) is 0 Å².